The molecule has 1 aromatic carbocycles. The molecule has 0 aromatic heterocycles. The molecule has 0 unspecified atom stereocenters. The number of nitrogens with zero attached hydrogens (tertiary/aromatic N) is 2. The van der Waals surface area contributed by atoms with E-state index < -0.39 is 12.1 Å². The molecule has 1 aliphatic heterocycles. The van der Waals surface area contributed by atoms with Crippen LogP contribution in [-0.2, 0) is 4.79 Å². The second-order valence-electron chi connectivity index (χ2n) is 4.91. The zero-order chi connectivity index (χ0) is 14.2. The number of β-lactam (4-membered cyclic amide) rings is 1. The Bertz CT molecular complexity index is 489. The first-order chi connectivity index (χ1) is 8.95. The number of carboxylic acid groups (broad SMARTS) is 1. The Morgan fingerprint density at radius 2 is 1.95 bits per heavy atom. The lowest BCUT2D eigenvalue weighted by molar-refractivity contribution is -0.159. The smallest absolute Gasteiger partial charge is 0.407 e. The van der Waals surface area contributed by atoms with Gasteiger partial charge in [-0.05, 0) is 19.4 Å². The summed E-state index contributed by atoms with van der Waals surface area (Å²) in [5.74, 6) is -0.131. The van der Waals surface area contributed by atoms with Crippen molar-refractivity contribution in [1.29, 1.82) is 0 Å². The van der Waals surface area contributed by atoms with Crippen molar-refractivity contribution in [1.82, 2.24) is 9.80 Å². The molecule has 5 nitrogen and oxygen atoms in total. The van der Waals surface area contributed by atoms with Gasteiger partial charge in [0.1, 0.15) is 6.04 Å². The lowest BCUT2D eigenvalue weighted by Gasteiger charge is -2.51. The summed E-state index contributed by atoms with van der Waals surface area (Å²) in [5, 5.41) is 8.95. The first kappa shape index (κ1) is 13.4. The molecular weight excluding hydrogens is 244 g/mol. The van der Waals surface area contributed by atoms with Gasteiger partial charge in [-0.15, -0.1) is 0 Å². The van der Waals surface area contributed by atoms with Crippen molar-refractivity contribution in [3.05, 3.63) is 35.9 Å². The molecule has 1 saturated heterocycles. The van der Waals surface area contributed by atoms with Gasteiger partial charge >= 0.3 is 6.09 Å². The van der Waals surface area contributed by atoms with E-state index in [1.54, 1.807) is 4.90 Å². The summed E-state index contributed by atoms with van der Waals surface area (Å²) in [6.45, 7) is 3.84. The van der Waals surface area contributed by atoms with Crippen LogP contribution in [0.1, 0.15) is 25.5 Å². The molecule has 0 saturated carbocycles. The van der Waals surface area contributed by atoms with Crippen molar-refractivity contribution >= 4 is 12.0 Å². The van der Waals surface area contributed by atoms with Crippen LogP contribution in [0.5, 0.6) is 0 Å². The molecule has 2 rings (SSSR count). The van der Waals surface area contributed by atoms with E-state index in [1.165, 1.54) is 7.05 Å². The van der Waals surface area contributed by atoms with Crippen LogP contribution in [0.3, 0.4) is 0 Å². The molecule has 1 aliphatic rings. The number of hydrogen-bond donors (Lipinski definition) is 1. The average molecular weight is 262 g/mol. The monoisotopic (exact) mass is 262 g/mol. The van der Waals surface area contributed by atoms with E-state index in [1.807, 2.05) is 44.2 Å². The van der Waals surface area contributed by atoms with Crippen LogP contribution >= 0.6 is 0 Å². The summed E-state index contributed by atoms with van der Waals surface area (Å²) >= 11 is 0. The quantitative estimate of drug-likeness (QED) is 0.847. The Kier molecular flexibility index (Phi) is 3.46. The van der Waals surface area contributed by atoms with Crippen molar-refractivity contribution in [2.45, 2.75) is 32.0 Å². The third-order valence-electron chi connectivity index (χ3n) is 3.82. The lowest BCUT2D eigenvalue weighted by atomic mass is 9.91. The molecule has 1 fully saturated rings. The molecule has 1 aromatic rings. The highest BCUT2D eigenvalue weighted by molar-refractivity contribution is 5.92. The van der Waals surface area contributed by atoms with E-state index in [9.17, 15) is 9.59 Å². The molecule has 0 spiro atoms. The summed E-state index contributed by atoms with van der Waals surface area (Å²) < 4.78 is 0. The molecule has 0 radical (unpaired) electrons. The molecule has 0 bridgehead atoms. The van der Waals surface area contributed by atoms with E-state index >= 15 is 0 Å². The fourth-order valence-electron chi connectivity index (χ4n) is 2.67. The predicted octanol–water partition coefficient (Wildman–Crippen LogP) is 1.96. The first-order valence-electron chi connectivity index (χ1n) is 6.28. The van der Waals surface area contributed by atoms with Crippen molar-refractivity contribution in [3.63, 3.8) is 0 Å². The Balaban J connectivity index is 2.13. The van der Waals surface area contributed by atoms with Gasteiger partial charge in [0.15, 0.2) is 0 Å². The summed E-state index contributed by atoms with van der Waals surface area (Å²) in [5.41, 5.74) is 1.05. The minimum atomic E-state index is -1.07. The van der Waals surface area contributed by atoms with Gasteiger partial charge in [0, 0.05) is 7.05 Å². The fraction of sp³-hybridized carbons (Fsp3) is 0.429. The largest absolute Gasteiger partial charge is 0.465 e. The highest BCUT2D eigenvalue weighted by atomic mass is 16.4. The minimum Gasteiger partial charge on any atom is -0.465 e. The summed E-state index contributed by atoms with van der Waals surface area (Å²) in [7, 11) is 1.44. The second kappa shape index (κ2) is 4.91. The van der Waals surface area contributed by atoms with E-state index in [0.29, 0.717) is 0 Å². The topological polar surface area (TPSA) is 60.9 Å². The highest BCUT2D eigenvalue weighted by Crippen LogP contribution is 2.33. The zero-order valence-electron chi connectivity index (χ0n) is 11.3. The first-order valence-corrected chi connectivity index (χ1v) is 6.28. The Morgan fingerprint density at radius 3 is 2.42 bits per heavy atom. The lowest BCUT2D eigenvalue weighted by Crippen LogP contribution is -2.69. The molecular formula is C14H18N2O3. The normalized spacial score (nSPS) is 23.7. The second-order valence-corrected chi connectivity index (χ2v) is 4.91. The highest BCUT2D eigenvalue weighted by Gasteiger charge is 2.50. The van der Waals surface area contributed by atoms with Crippen LogP contribution in [0.2, 0.25) is 0 Å². The number of carbonyl (C=O) groups excluding carboxylic acids is 1. The number of rotatable bonds is 3. The SMILES string of the molecule is C[C@H](c1ccccc1)N1C(=O)[C@H](N(C)C(=O)O)[C@H]1C. The molecule has 2 amide bonds. The average Bonchev–Trinajstić information content (AvgIpc) is 2.39. The maximum atomic E-state index is 12.2. The van der Waals surface area contributed by atoms with Crippen LogP contribution in [0, 0.1) is 0 Å². The number of amides is 2. The number of likely N-dealkylation sites (N-methyl/N-ethyl adjacent to an activating group) is 1. The van der Waals surface area contributed by atoms with Crippen LogP contribution in [0.15, 0.2) is 30.3 Å². The van der Waals surface area contributed by atoms with Crippen LogP contribution < -0.4 is 0 Å². The van der Waals surface area contributed by atoms with E-state index in [0.717, 1.165) is 10.5 Å². The van der Waals surface area contributed by atoms with Gasteiger partial charge in [-0.25, -0.2) is 4.79 Å². The van der Waals surface area contributed by atoms with Crippen molar-refractivity contribution in [2.75, 3.05) is 7.05 Å². The van der Waals surface area contributed by atoms with Gasteiger partial charge in [-0.1, -0.05) is 30.3 Å². The van der Waals surface area contributed by atoms with Crippen molar-refractivity contribution < 1.29 is 14.7 Å². The van der Waals surface area contributed by atoms with Gasteiger partial charge in [-0.2, -0.15) is 0 Å². The van der Waals surface area contributed by atoms with Gasteiger partial charge < -0.3 is 10.0 Å². The van der Waals surface area contributed by atoms with E-state index in [4.69, 9.17) is 5.11 Å². The van der Waals surface area contributed by atoms with Gasteiger partial charge in [0.2, 0.25) is 5.91 Å². The van der Waals surface area contributed by atoms with E-state index in [-0.39, 0.29) is 18.0 Å². The maximum Gasteiger partial charge on any atom is 0.407 e. The summed E-state index contributed by atoms with van der Waals surface area (Å²) in [6.07, 6.45) is -1.07. The zero-order valence-corrected chi connectivity index (χ0v) is 11.3. The Hall–Kier alpha value is -2.04. The van der Waals surface area contributed by atoms with Crippen LogP contribution in [0.4, 0.5) is 4.79 Å². The molecule has 102 valence electrons. The van der Waals surface area contributed by atoms with Crippen LogP contribution in [-0.4, -0.2) is 46.0 Å². The van der Waals surface area contributed by atoms with Crippen molar-refractivity contribution in [3.8, 4) is 0 Å². The summed E-state index contributed by atoms with van der Waals surface area (Å²) in [4.78, 5) is 25.9. The Labute approximate surface area is 112 Å². The molecule has 1 N–H and O–H groups in total. The minimum absolute atomic E-state index is 0.0397. The number of carbonyl (C=O) groups is 2. The number of hydrogen-bond acceptors (Lipinski definition) is 2. The fourth-order valence-corrected chi connectivity index (χ4v) is 2.67. The van der Waals surface area contributed by atoms with Crippen molar-refractivity contribution in [2.24, 2.45) is 0 Å². The molecule has 1 heterocycles. The van der Waals surface area contributed by atoms with Gasteiger partial charge in [-0.3, -0.25) is 9.69 Å². The Morgan fingerprint density at radius 1 is 1.37 bits per heavy atom. The maximum absolute atomic E-state index is 12.2. The number of likely N-dealkylation sites (tertiary alicyclic amines) is 1. The predicted molar refractivity (Wildman–Crippen MR) is 70.7 cm³/mol. The van der Waals surface area contributed by atoms with E-state index in [2.05, 4.69) is 0 Å². The standard InChI is InChI=1S/C14H18N2O3/c1-9(11-7-5-4-6-8-11)16-10(2)12(13(16)17)15(3)14(18)19/h4-10,12H,1-3H3,(H,18,19)/t9-,10-,12-/m1/s1. The van der Waals surface area contributed by atoms with Gasteiger partial charge in [0.05, 0.1) is 12.1 Å². The molecule has 19 heavy (non-hydrogen) atoms. The third-order valence-corrected chi connectivity index (χ3v) is 3.82. The van der Waals surface area contributed by atoms with Crippen LogP contribution in [0.25, 0.3) is 0 Å². The molecule has 5 heteroatoms. The molecule has 0 aliphatic carbocycles. The molecule has 3 atom stereocenters. The van der Waals surface area contributed by atoms with Gasteiger partial charge in [0.25, 0.3) is 0 Å². The number of benzene rings is 1. The third kappa shape index (κ3) is 2.16. The summed E-state index contributed by atoms with van der Waals surface area (Å²) in [6, 6.07) is 9.02.